The van der Waals surface area contributed by atoms with E-state index in [-0.39, 0.29) is 11.9 Å². The van der Waals surface area contributed by atoms with Gasteiger partial charge in [-0.1, -0.05) is 12.1 Å². The number of aryl methyl sites for hydroxylation is 1. The number of nitrogens with two attached hydrogens (primary N) is 1. The lowest BCUT2D eigenvalue weighted by molar-refractivity contribution is 0.618. The van der Waals surface area contributed by atoms with Crippen LogP contribution in [0.15, 0.2) is 30.5 Å². The molecule has 90 valence electrons. The molecule has 4 heteroatoms. The van der Waals surface area contributed by atoms with Crippen LogP contribution in [-0.4, -0.2) is 11.0 Å². The second kappa shape index (κ2) is 5.38. The third-order valence-electron chi connectivity index (χ3n) is 2.52. The molecule has 1 unspecified atom stereocenters. The van der Waals surface area contributed by atoms with Gasteiger partial charge in [0.15, 0.2) is 0 Å². The molecule has 2 rings (SSSR count). The maximum Gasteiger partial charge on any atom is 0.123 e. The van der Waals surface area contributed by atoms with Crippen molar-refractivity contribution < 1.29 is 4.39 Å². The first-order chi connectivity index (χ1) is 8.13. The topological polar surface area (TPSA) is 38.9 Å². The van der Waals surface area contributed by atoms with E-state index >= 15 is 0 Å². The van der Waals surface area contributed by atoms with Crippen molar-refractivity contribution in [2.45, 2.75) is 25.8 Å². The summed E-state index contributed by atoms with van der Waals surface area (Å²) in [5, 5.41) is 1.05. The lowest BCUT2D eigenvalue weighted by Crippen LogP contribution is -2.25. The third-order valence-corrected chi connectivity index (χ3v) is 3.45. The normalized spacial score (nSPS) is 12.6. The molecule has 0 fully saturated rings. The van der Waals surface area contributed by atoms with Gasteiger partial charge in [0.25, 0.3) is 0 Å². The van der Waals surface area contributed by atoms with Gasteiger partial charge in [-0.25, -0.2) is 9.37 Å². The molecule has 2 nitrogen and oxygen atoms in total. The standard InChI is InChI=1S/C13H15FN2S/c1-9-16-8-13(17-9)7-12(15)6-10-3-2-4-11(14)5-10/h2-5,8,12H,6-7,15H2,1H3. The van der Waals surface area contributed by atoms with E-state index in [1.807, 2.05) is 19.2 Å². The molecule has 0 bridgehead atoms. The number of hydrogen-bond donors (Lipinski definition) is 1. The average molecular weight is 250 g/mol. The quantitative estimate of drug-likeness (QED) is 0.906. The number of halogens is 1. The predicted molar refractivity (Wildman–Crippen MR) is 68.6 cm³/mol. The van der Waals surface area contributed by atoms with Gasteiger partial charge in [-0.15, -0.1) is 11.3 Å². The van der Waals surface area contributed by atoms with Gasteiger partial charge in [-0.05, 0) is 37.5 Å². The van der Waals surface area contributed by atoms with E-state index in [2.05, 4.69) is 4.98 Å². The Morgan fingerprint density at radius 2 is 2.24 bits per heavy atom. The van der Waals surface area contributed by atoms with Crippen molar-refractivity contribution >= 4 is 11.3 Å². The smallest absolute Gasteiger partial charge is 0.123 e. The van der Waals surface area contributed by atoms with E-state index in [1.54, 1.807) is 17.4 Å². The first kappa shape index (κ1) is 12.2. The van der Waals surface area contributed by atoms with Crippen LogP contribution in [0.4, 0.5) is 4.39 Å². The second-order valence-corrected chi connectivity index (χ2v) is 5.46. The van der Waals surface area contributed by atoms with Gasteiger partial charge in [-0.2, -0.15) is 0 Å². The van der Waals surface area contributed by atoms with Crippen LogP contribution >= 0.6 is 11.3 Å². The summed E-state index contributed by atoms with van der Waals surface area (Å²) in [5.74, 6) is -0.205. The van der Waals surface area contributed by atoms with Crippen molar-refractivity contribution in [1.82, 2.24) is 4.98 Å². The highest BCUT2D eigenvalue weighted by Crippen LogP contribution is 2.15. The molecule has 1 heterocycles. The molecule has 1 atom stereocenters. The molecule has 0 saturated carbocycles. The van der Waals surface area contributed by atoms with Gasteiger partial charge in [-0.3, -0.25) is 0 Å². The van der Waals surface area contributed by atoms with Crippen LogP contribution in [0.3, 0.4) is 0 Å². The monoisotopic (exact) mass is 250 g/mol. The van der Waals surface area contributed by atoms with Crippen molar-refractivity contribution in [1.29, 1.82) is 0 Å². The zero-order valence-corrected chi connectivity index (χ0v) is 10.5. The number of nitrogens with zero attached hydrogens (tertiary/aromatic N) is 1. The highest BCUT2D eigenvalue weighted by Gasteiger charge is 2.08. The lowest BCUT2D eigenvalue weighted by atomic mass is 10.0. The SMILES string of the molecule is Cc1ncc(CC(N)Cc2cccc(F)c2)s1. The van der Waals surface area contributed by atoms with Crippen LogP contribution in [-0.2, 0) is 12.8 Å². The molecule has 2 N–H and O–H groups in total. The zero-order valence-electron chi connectivity index (χ0n) is 9.69. The highest BCUT2D eigenvalue weighted by molar-refractivity contribution is 7.11. The van der Waals surface area contributed by atoms with Crippen molar-refractivity contribution in [3.8, 4) is 0 Å². The maximum atomic E-state index is 13.0. The molecular formula is C13H15FN2S. The summed E-state index contributed by atoms with van der Waals surface area (Å²) in [4.78, 5) is 5.38. The van der Waals surface area contributed by atoms with Crippen molar-refractivity contribution in [2.24, 2.45) is 5.73 Å². The molecule has 0 amide bonds. The summed E-state index contributed by atoms with van der Waals surface area (Å²) >= 11 is 1.66. The summed E-state index contributed by atoms with van der Waals surface area (Å²) < 4.78 is 13.0. The molecule has 1 aromatic heterocycles. The Balaban J connectivity index is 1.95. The molecule has 0 saturated heterocycles. The molecule has 1 aromatic carbocycles. The fraction of sp³-hybridized carbons (Fsp3) is 0.308. The Bertz CT molecular complexity index is 496. The Labute approximate surface area is 104 Å². The zero-order chi connectivity index (χ0) is 12.3. The minimum absolute atomic E-state index is 0.0108. The first-order valence-corrected chi connectivity index (χ1v) is 6.36. The predicted octanol–water partition coefficient (Wildman–Crippen LogP) is 2.70. The first-order valence-electron chi connectivity index (χ1n) is 5.55. The molecule has 2 aromatic rings. The van der Waals surface area contributed by atoms with Crippen LogP contribution in [0, 0.1) is 12.7 Å². The van der Waals surface area contributed by atoms with E-state index in [4.69, 9.17) is 5.73 Å². The fourth-order valence-electron chi connectivity index (χ4n) is 1.80. The van der Waals surface area contributed by atoms with Crippen LogP contribution in [0.1, 0.15) is 15.4 Å². The molecule has 0 aliphatic heterocycles. The second-order valence-electron chi connectivity index (χ2n) is 4.14. The Morgan fingerprint density at radius 3 is 2.88 bits per heavy atom. The maximum absolute atomic E-state index is 13.0. The van der Waals surface area contributed by atoms with Crippen molar-refractivity contribution in [3.63, 3.8) is 0 Å². The van der Waals surface area contributed by atoms with Gasteiger partial charge in [0.05, 0.1) is 5.01 Å². The Kier molecular flexibility index (Phi) is 3.86. The Morgan fingerprint density at radius 1 is 1.41 bits per heavy atom. The van der Waals surface area contributed by atoms with Crippen molar-refractivity contribution in [3.05, 3.63) is 51.7 Å². The Hall–Kier alpha value is -1.26. The van der Waals surface area contributed by atoms with Gasteiger partial charge < -0.3 is 5.73 Å². The summed E-state index contributed by atoms with van der Waals surface area (Å²) in [5.41, 5.74) is 7.00. The van der Waals surface area contributed by atoms with Crippen LogP contribution < -0.4 is 5.73 Å². The molecule has 0 aliphatic rings. The average Bonchev–Trinajstić information content (AvgIpc) is 2.63. The van der Waals surface area contributed by atoms with E-state index in [9.17, 15) is 4.39 Å². The number of hydrogen-bond acceptors (Lipinski definition) is 3. The van der Waals surface area contributed by atoms with Gasteiger partial charge in [0.2, 0.25) is 0 Å². The summed E-state index contributed by atoms with van der Waals surface area (Å²) in [6.45, 7) is 1.98. The largest absolute Gasteiger partial charge is 0.327 e. The number of rotatable bonds is 4. The molecule has 0 radical (unpaired) electrons. The third kappa shape index (κ3) is 3.61. The van der Waals surface area contributed by atoms with Gasteiger partial charge >= 0.3 is 0 Å². The van der Waals surface area contributed by atoms with Gasteiger partial charge in [0.1, 0.15) is 5.82 Å². The van der Waals surface area contributed by atoms with E-state index in [0.717, 1.165) is 17.0 Å². The molecule has 0 aliphatic carbocycles. The van der Waals surface area contributed by atoms with E-state index in [1.165, 1.54) is 17.0 Å². The fourth-order valence-corrected chi connectivity index (χ4v) is 2.68. The highest BCUT2D eigenvalue weighted by atomic mass is 32.1. The van der Waals surface area contributed by atoms with Crippen LogP contribution in [0.2, 0.25) is 0 Å². The number of thiazole rings is 1. The van der Waals surface area contributed by atoms with E-state index in [0.29, 0.717) is 6.42 Å². The van der Waals surface area contributed by atoms with Crippen molar-refractivity contribution in [2.75, 3.05) is 0 Å². The number of aromatic nitrogens is 1. The van der Waals surface area contributed by atoms with E-state index < -0.39 is 0 Å². The van der Waals surface area contributed by atoms with Crippen LogP contribution in [0.5, 0.6) is 0 Å². The molecular weight excluding hydrogens is 235 g/mol. The minimum Gasteiger partial charge on any atom is -0.327 e. The summed E-state index contributed by atoms with van der Waals surface area (Å²) in [6, 6.07) is 6.62. The number of benzene rings is 1. The summed E-state index contributed by atoms with van der Waals surface area (Å²) in [6.07, 6.45) is 3.35. The lowest BCUT2D eigenvalue weighted by Gasteiger charge is -2.10. The molecule has 17 heavy (non-hydrogen) atoms. The summed E-state index contributed by atoms with van der Waals surface area (Å²) in [7, 11) is 0. The molecule has 0 spiro atoms. The van der Waals surface area contributed by atoms with Crippen LogP contribution in [0.25, 0.3) is 0 Å². The minimum atomic E-state index is -0.205. The van der Waals surface area contributed by atoms with Gasteiger partial charge in [0, 0.05) is 17.1 Å².